The first kappa shape index (κ1) is 10.2. The van der Waals surface area contributed by atoms with Gasteiger partial charge in [0.2, 0.25) is 0 Å². The number of ether oxygens (including phenoxy) is 2. The van der Waals surface area contributed by atoms with Crippen LogP contribution in [-0.4, -0.2) is 19.9 Å². The predicted molar refractivity (Wildman–Crippen MR) is 51.4 cm³/mol. The quantitative estimate of drug-likeness (QED) is 0.605. The summed E-state index contributed by atoms with van der Waals surface area (Å²) in [6.45, 7) is -0.0190. The normalized spacial score (nSPS) is 9.69. The first-order valence-electron chi connectivity index (χ1n) is 3.65. The molecule has 0 aliphatic heterocycles. The van der Waals surface area contributed by atoms with Crippen molar-refractivity contribution in [1.29, 1.82) is 0 Å². The molecule has 0 N–H and O–H groups in total. The maximum absolute atomic E-state index is 11.2. The monoisotopic (exact) mass is 244 g/mol. The molecule has 0 heterocycles. The molecule has 3 nitrogen and oxygen atoms in total. The minimum Gasteiger partial charge on any atom is -0.435 e. The van der Waals surface area contributed by atoms with Crippen LogP contribution >= 0.6 is 15.9 Å². The van der Waals surface area contributed by atoms with Crippen molar-refractivity contribution >= 4 is 21.9 Å². The third kappa shape index (κ3) is 3.16. The van der Waals surface area contributed by atoms with Crippen molar-refractivity contribution in [1.82, 2.24) is 0 Å². The summed E-state index contributed by atoms with van der Waals surface area (Å²) in [4.78, 5) is 11.2. The molecule has 1 rings (SSSR count). The molecule has 0 saturated heterocycles. The number of halogens is 1. The number of carbonyl (C=O) groups excluding carboxylic acids is 1. The van der Waals surface area contributed by atoms with Crippen molar-refractivity contribution in [2.24, 2.45) is 0 Å². The van der Waals surface area contributed by atoms with Gasteiger partial charge in [0, 0.05) is 11.6 Å². The lowest BCUT2D eigenvalue weighted by Gasteiger charge is -2.02. The molecule has 0 bridgehead atoms. The van der Waals surface area contributed by atoms with Crippen LogP contribution in [0.2, 0.25) is 0 Å². The lowest BCUT2D eigenvalue weighted by molar-refractivity contribution is -0.0125. The highest BCUT2D eigenvalue weighted by atomic mass is 79.9. The summed E-state index contributed by atoms with van der Waals surface area (Å²) < 4.78 is 10.3. The second kappa shape index (κ2) is 4.99. The molecular weight excluding hydrogens is 236 g/mol. The average Bonchev–Trinajstić information content (AvgIpc) is 2.15. The van der Waals surface area contributed by atoms with Crippen LogP contribution in [0.3, 0.4) is 0 Å². The second-order valence-electron chi connectivity index (χ2n) is 2.35. The van der Waals surface area contributed by atoms with Crippen LogP contribution < -0.4 is 0 Å². The third-order valence-electron chi connectivity index (χ3n) is 1.39. The maximum atomic E-state index is 11.2. The topological polar surface area (TPSA) is 35.5 Å². The number of rotatable bonds is 3. The summed E-state index contributed by atoms with van der Waals surface area (Å²) in [6, 6.07) is 6.93. The predicted octanol–water partition coefficient (Wildman–Crippen LogP) is 2.21. The van der Waals surface area contributed by atoms with E-state index in [1.165, 1.54) is 7.11 Å². The van der Waals surface area contributed by atoms with Crippen molar-refractivity contribution in [3.63, 3.8) is 0 Å². The van der Waals surface area contributed by atoms with E-state index in [0.717, 1.165) is 4.47 Å². The van der Waals surface area contributed by atoms with E-state index >= 15 is 0 Å². The third-order valence-corrected chi connectivity index (χ3v) is 1.92. The fourth-order valence-electron chi connectivity index (χ4n) is 0.782. The van der Waals surface area contributed by atoms with Gasteiger partial charge in [-0.3, -0.25) is 0 Å². The smallest absolute Gasteiger partial charge is 0.340 e. The molecule has 0 atom stereocenters. The zero-order valence-corrected chi connectivity index (χ0v) is 8.71. The van der Waals surface area contributed by atoms with Crippen LogP contribution in [0.15, 0.2) is 28.7 Å². The molecule has 0 aromatic heterocycles. The minimum atomic E-state index is -0.380. The lowest BCUT2D eigenvalue weighted by atomic mass is 10.2. The Balaban J connectivity index is 2.61. The zero-order chi connectivity index (χ0) is 9.68. The average molecular weight is 245 g/mol. The Hall–Kier alpha value is -0.870. The van der Waals surface area contributed by atoms with Gasteiger partial charge in [0.05, 0.1) is 5.56 Å². The first-order chi connectivity index (χ1) is 6.24. The summed E-state index contributed by atoms with van der Waals surface area (Å²) in [6.07, 6.45) is 0. The van der Waals surface area contributed by atoms with Gasteiger partial charge < -0.3 is 9.47 Å². The van der Waals surface area contributed by atoms with Gasteiger partial charge in [-0.1, -0.05) is 15.9 Å². The van der Waals surface area contributed by atoms with Crippen molar-refractivity contribution in [2.75, 3.05) is 13.9 Å². The molecule has 0 radical (unpaired) electrons. The summed E-state index contributed by atoms with van der Waals surface area (Å²) in [5, 5.41) is 0. The highest BCUT2D eigenvalue weighted by Gasteiger charge is 2.05. The first-order valence-corrected chi connectivity index (χ1v) is 4.45. The van der Waals surface area contributed by atoms with Gasteiger partial charge in [-0.2, -0.15) is 0 Å². The summed E-state index contributed by atoms with van der Waals surface area (Å²) >= 11 is 3.27. The fourth-order valence-corrected chi connectivity index (χ4v) is 1.05. The lowest BCUT2D eigenvalue weighted by Crippen LogP contribution is -2.06. The number of benzene rings is 1. The molecule has 0 aliphatic rings. The van der Waals surface area contributed by atoms with Crippen molar-refractivity contribution in [3.05, 3.63) is 34.3 Å². The van der Waals surface area contributed by atoms with E-state index in [-0.39, 0.29) is 12.8 Å². The van der Waals surface area contributed by atoms with E-state index in [9.17, 15) is 4.79 Å². The summed E-state index contributed by atoms with van der Waals surface area (Å²) in [5.41, 5.74) is 0.514. The van der Waals surface area contributed by atoms with E-state index in [1.54, 1.807) is 24.3 Å². The van der Waals surface area contributed by atoms with Gasteiger partial charge in [-0.25, -0.2) is 4.79 Å². The Morgan fingerprint density at radius 1 is 1.38 bits per heavy atom. The number of hydrogen-bond acceptors (Lipinski definition) is 3. The van der Waals surface area contributed by atoms with Gasteiger partial charge in [-0.05, 0) is 24.3 Å². The Bertz CT molecular complexity index is 281. The van der Waals surface area contributed by atoms with Crippen LogP contribution in [0.4, 0.5) is 0 Å². The van der Waals surface area contributed by atoms with Crippen molar-refractivity contribution in [3.8, 4) is 0 Å². The Labute approximate surface area is 84.8 Å². The van der Waals surface area contributed by atoms with E-state index in [0.29, 0.717) is 5.56 Å². The highest BCUT2D eigenvalue weighted by molar-refractivity contribution is 9.10. The highest BCUT2D eigenvalue weighted by Crippen LogP contribution is 2.11. The second-order valence-corrected chi connectivity index (χ2v) is 3.26. The van der Waals surface area contributed by atoms with Crippen LogP contribution in [0.25, 0.3) is 0 Å². The Morgan fingerprint density at radius 3 is 2.54 bits per heavy atom. The molecule has 0 fully saturated rings. The number of carbonyl (C=O) groups is 1. The fraction of sp³-hybridized carbons (Fsp3) is 0.222. The van der Waals surface area contributed by atoms with E-state index in [2.05, 4.69) is 20.7 Å². The number of esters is 1. The van der Waals surface area contributed by atoms with Crippen LogP contribution in [0, 0.1) is 0 Å². The van der Waals surface area contributed by atoms with Gasteiger partial charge in [-0.15, -0.1) is 0 Å². The number of methoxy groups -OCH3 is 1. The van der Waals surface area contributed by atoms with Crippen LogP contribution in [0.5, 0.6) is 0 Å². The molecule has 0 aliphatic carbocycles. The van der Waals surface area contributed by atoms with Crippen LogP contribution in [0.1, 0.15) is 10.4 Å². The Morgan fingerprint density at radius 2 is 2.00 bits per heavy atom. The zero-order valence-electron chi connectivity index (χ0n) is 7.12. The number of hydrogen-bond donors (Lipinski definition) is 0. The van der Waals surface area contributed by atoms with E-state index in [1.807, 2.05) is 0 Å². The molecule has 0 unspecified atom stereocenters. The van der Waals surface area contributed by atoms with Crippen molar-refractivity contribution in [2.45, 2.75) is 0 Å². The SMILES string of the molecule is COCOC(=O)c1ccc(Br)cc1. The van der Waals surface area contributed by atoms with E-state index in [4.69, 9.17) is 4.74 Å². The molecule has 70 valence electrons. The van der Waals surface area contributed by atoms with Gasteiger partial charge in [0.1, 0.15) is 0 Å². The maximum Gasteiger partial charge on any atom is 0.340 e. The molecule has 1 aromatic carbocycles. The van der Waals surface area contributed by atoms with Gasteiger partial charge >= 0.3 is 5.97 Å². The largest absolute Gasteiger partial charge is 0.435 e. The molecule has 4 heteroatoms. The minimum absolute atomic E-state index is 0.0190. The standard InChI is InChI=1S/C9H9BrO3/c1-12-6-13-9(11)7-2-4-8(10)5-3-7/h2-5H,6H2,1H3. The Kier molecular flexibility index (Phi) is 3.92. The molecule has 0 saturated carbocycles. The molecule has 13 heavy (non-hydrogen) atoms. The molecular formula is C9H9BrO3. The van der Waals surface area contributed by atoms with Gasteiger partial charge in [0.25, 0.3) is 0 Å². The van der Waals surface area contributed by atoms with E-state index < -0.39 is 0 Å². The molecule has 1 aromatic rings. The summed E-state index contributed by atoms with van der Waals surface area (Å²) in [7, 11) is 1.47. The molecule has 0 spiro atoms. The van der Waals surface area contributed by atoms with Crippen molar-refractivity contribution < 1.29 is 14.3 Å². The van der Waals surface area contributed by atoms with Crippen LogP contribution in [-0.2, 0) is 9.47 Å². The van der Waals surface area contributed by atoms with Gasteiger partial charge in [0.15, 0.2) is 6.79 Å². The molecule has 0 amide bonds. The summed E-state index contributed by atoms with van der Waals surface area (Å²) in [5.74, 6) is -0.380.